The van der Waals surface area contributed by atoms with E-state index in [1.165, 1.54) is 6.07 Å². The fraction of sp³-hybridized carbons (Fsp3) is 0.0526. The molecule has 0 radical (unpaired) electrons. The van der Waals surface area contributed by atoms with Crippen LogP contribution in [-0.4, -0.2) is 10.9 Å². The van der Waals surface area contributed by atoms with E-state index in [4.69, 9.17) is 4.74 Å². The average Bonchev–Trinajstić information content (AvgIpc) is 2.64. The Morgan fingerprint density at radius 2 is 1.92 bits per heavy atom. The quantitative estimate of drug-likeness (QED) is 0.674. The van der Waals surface area contributed by atoms with Gasteiger partial charge in [-0.3, -0.25) is 9.78 Å². The largest absolute Gasteiger partial charge is 0.456 e. The summed E-state index contributed by atoms with van der Waals surface area (Å²) in [6, 6.07) is 14.9. The van der Waals surface area contributed by atoms with Gasteiger partial charge < -0.3 is 10.1 Å². The van der Waals surface area contributed by atoms with Crippen molar-refractivity contribution in [1.29, 1.82) is 0 Å². The zero-order chi connectivity index (χ0) is 17.6. The van der Waals surface area contributed by atoms with Gasteiger partial charge >= 0.3 is 0 Å². The highest BCUT2D eigenvalue weighted by atomic mass is 79.9. The number of pyridine rings is 1. The Hall–Kier alpha value is -2.73. The normalized spacial score (nSPS) is 10.3. The van der Waals surface area contributed by atoms with Crippen LogP contribution in [0.1, 0.15) is 15.9 Å². The predicted octanol–water partition coefficient (Wildman–Crippen LogP) is 4.71. The molecule has 0 atom stereocenters. The van der Waals surface area contributed by atoms with Crippen molar-refractivity contribution in [2.45, 2.75) is 6.54 Å². The lowest BCUT2D eigenvalue weighted by Crippen LogP contribution is -2.23. The van der Waals surface area contributed by atoms with Gasteiger partial charge in [0.1, 0.15) is 17.3 Å². The van der Waals surface area contributed by atoms with Crippen LogP contribution in [0.15, 0.2) is 71.5 Å². The van der Waals surface area contributed by atoms with Gasteiger partial charge in [0.15, 0.2) is 0 Å². The summed E-state index contributed by atoms with van der Waals surface area (Å²) in [6.07, 6.45) is 3.27. The van der Waals surface area contributed by atoms with Gasteiger partial charge in [-0.05, 0) is 54.6 Å². The van der Waals surface area contributed by atoms with Gasteiger partial charge in [-0.15, -0.1) is 0 Å². The molecule has 25 heavy (non-hydrogen) atoms. The molecule has 126 valence electrons. The van der Waals surface area contributed by atoms with Crippen molar-refractivity contribution in [2.24, 2.45) is 0 Å². The molecule has 0 aliphatic carbocycles. The topological polar surface area (TPSA) is 51.2 Å². The van der Waals surface area contributed by atoms with Crippen molar-refractivity contribution in [3.05, 3.63) is 88.4 Å². The standard InChI is InChI=1S/C19H14BrFN2O2/c20-15-5-8-18(21)14(10-15)11-23-19(24)13-3-6-16(7-4-13)25-17-2-1-9-22-12-17/h1-10,12H,11H2,(H,23,24). The predicted molar refractivity (Wildman–Crippen MR) is 96.0 cm³/mol. The van der Waals surface area contributed by atoms with Crippen molar-refractivity contribution < 1.29 is 13.9 Å². The van der Waals surface area contributed by atoms with E-state index in [-0.39, 0.29) is 18.3 Å². The second-order valence-corrected chi connectivity index (χ2v) is 6.15. The molecule has 3 rings (SSSR count). The van der Waals surface area contributed by atoms with Crippen LogP contribution in [0.4, 0.5) is 4.39 Å². The van der Waals surface area contributed by atoms with Crippen LogP contribution in [0, 0.1) is 5.82 Å². The maximum Gasteiger partial charge on any atom is 0.251 e. The molecule has 1 N–H and O–H groups in total. The molecule has 0 saturated carbocycles. The molecule has 1 amide bonds. The minimum Gasteiger partial charge on any atom is -0.456 e. The van der Waals surface area contributed by atoms with Crippen LogP contribution in [0.2, 0.25) is 0 Å². The van der Waals surface area contributed by atoms with E-state index >= 15 is 0 Å². The Morgan fingerprint density at radius 3 is 2.64 bits per heavy atom. The number of hydrogen-bond donors (Lipinski definition) is 1. The molecule has 0 fully saturated rings. The lowest BCUT2D eigenvalue weighted by Gasteiger charge is -2.08. The summed E-state index contributed by atoms with van der Waals surface area (Å²) in [5.74, 6) is 0.573. The van der Waals surface area contributed by atoms with Gasteiger partial charge in [-0.2, -0.15) is 0 Å². The molecule has 0 spiro atoms. The summed E-state index contributed by atoms with van der Waals surface area (Å²) in [5.41, 5.74) is 0.883. The molecule has 1 aromatic heterocycles. The van der Waals surface area contributed by atoms with E-state index in [1.54, 1.807) is 60.9 Å². The third-order valence-electron chi connectivity index (χ3n) is 3.43. The number of carbonyl (C=O) groups excluding carboxylic acids is 1. The van der Waals surface area contributed by atoms with Gasteiger partial charge in [-0.1, -0.05) is 15.9 Å². The number of rotatable bonds is 5. The van der Waals surface area contributed by atoms with Gasteiger partial charge in [0.25, 0.3) is 5.91 Å². The highest BCUT2D eigenvalue weighted by molar-refractivity contribution is 9.10. The van der Waals surface area contributed by atoms with E-state index < -0.39 is 0 Å². The number of nitrogens with one attached hydrogen (secondary N) is 1. The third-order valence-corrected chi connectivity index (χ3v) is 3.93. The first kappa shape index (κ1) is 17.1. The SMILES string of the molecule is O=C(NCc1cc(Br)ccc1F)c1ccc(Oc2cccnc2)cc1. The lowest BCUT2D eigenvalue weighted by molar-refractivity contribution is 0.0950. The molecular weight excluding hydrogens is 387 g/mol. The Balaban J connectivity index is 1.62. The Morgan fingerprint density at radius 1 is 1.12 bits per heavy atom. The number of amides is 1. The van der Waals surface area contributed by atoms with Crippen LogP contribution < -0.4 is 10.1 Å². The first-order valence-electron chi connectivity index (χ1n) is 7.52. The maximum atomic E-state index is 13.7. The van der Waals surface area contributed by atoms with Crippen molar-refractivity contribution >= 4 is 21.8 Å². The number of hydrogen-bond acceptors (Lipinski definition) is 3. The first-order valence-corrected chi connectivity index (χ1v) is 8.31. The second kappa shape index (κ2) is 7.90. The molecule has 0 saturated heterocycles. The molecule has 1 heterocycles. The summed E-state index contributed by atoms with van der Waals surface area (Å²) in [7, 11) is 0. The molecular formula is C19H14BrFN2O2. The Bertz CT molecular complexity index is 870. The van der Waals surface area contributed by atoms with Crippen LogP contribution in [0.3, 0.4) is 0 Å². The summed E-state index contributed by atoms with van der Waals surface area (Å²) in [5, 5.41) is 2.70. The van der Waals surface area contributed by atoms with E-state index in [0.717, 1.165) is 4.47 Å². The van der Waals surface area contributed by atoms with Gasteiger partial charge in [0, 0.05) is 28.3 Å². The lowest BCUT2D eigenvalue weighted by atomic mass is 10.2. The smallest absolute Gasteiger partial charge is 0.251 e. The molecule has 0 bridgehead atoms. The van der Waals surface area contributed by atoms with Crippen molar-refractivity contribution in [3.63, 3.8) is 0 Å². The monoisotopic (exact) mass is 400 g/mol. The van der Waals surface area contributed by atoms with Crippen molar-refractivity contribution in [2.75, 3.05) is 0 Å². The van der Waals surface area contributed by atoms with Crippen LogP contribution in [0.5, 0.6) is 11.5 Å². The van der Waals surface area contributed by atoms with E-state index in [9.17, 15) is 9.18 Å². The number of benzene rings is 2. The maximum absolute atomic E-state index is 13.7. The van der Waals surface area contributed by atoms with Crippen LogP contribution in [0.25, 0.3) is 0 Å². The highest BCUT2D eigenvalue weighted by Gasteiger charge is 2.08. The number of ether oxygens (including phenoxy) is 1. The summed E-state index contributed by atoms with van der Waals surface area (Å²) < 4.78 is 20.1. The fourth-order valence-electron chi connectivity index (χ4n) is 2.17. The van der Waals surface area contributed by atoms with E-state index in [1.807, 2.05) is 0 Å². The van der Waals surface area contributed by atoms with Crippen molar-refractivity contribution in [3.8, 4) is 11.5 Å². The minimum absolute atomic E-state index is 0.109. The molecule has 4 nitrogen and oxygen atoms in total. The van der Waals surface area contributed by atoms with Crippen LogP contribution >= 0.6 is 15.9 Å². The van der Waals surface area contributed by atoms with Crippen molar-refractivity contribution in [1.82, 2.24) is 10.3 Å². The van der Waals surface area contributed by atoms with Gasteiger partial charge in [0.2, 0.25) is 0 Å². The highest BCUT2D eigenvalue weighted by Crippen LogP contribution is 2.20. The van der Waals surface area contributed by atoms with E-state index in [0.29, 0.717) is 22.6 Å². The Kier molecular flexibility index (Phi) is 5.40. The molecule has 0 unspecified atom stereocenters. The summed E-state index contributed by atoms with van der Waals surface area (Å²) in [4.78, 5) is 16.2. The molecule has 6 heteroatoms. The number of carbonyl (C=O) groups is 1. The molecule has 0 aliphatic rings. The van der Waals surface area contributed by atoms with Crippen LogP contribution in [-0.2, 0) is 6.54 Å². The fourth-order valence-corrected chi connectivity index (χ4v) is 2.58. The minimum atomic E-state index is -0.358. The molecule has 3 aromatic rings. The third kappa shape index (κ3) is 4.64. The van der Waals surface area contributed by atoms with Gasteiger partial charge in [-0.25, -0.2) is 4.39 Å². The second-order valence-electron chi connectivity index (χ2n) is 5.23. The summed E-state index contributed by atoms with van der Waals surface area (Å²) in [6.45, 7) is 0.109. The summed E-state index contributed by atoms with van der Waals surface area (Å²) >= 11 is 3.29. The number of aromatic nitrogens is 1. The zero-order valence-corrected chi connectivity index (χ0v) is 14.7. The average molecular weight is 401 g/mol. The first-order chi connectivity index (χ1) is 12.1. The number of halogens is 2. The Labute approximate surface area is 152 Å². The van der Waals surface area contributed by atoms with Gasteiger partial charge in [0.05, 0.1) is 6.20 Å². The van der Waals surface area contributed by atoms with E-state index in [2.05, 4.69) is 26.2 Å². The number of nitrogens with zero attached hydrogens (tertiary/aromatic N) is 1. The molecule has 0 aliphatic heterocycles. The molecule has 2 aromatic carbocycles. The zero-order valence-electron chi connectivity index (χ0n) is 13.1.